The van der Waals surface area contributed by atoms with E-state index in [1.165, 1.54) is 11.3 Å². The molecule has 37 heavy (non-hydrogen) atoms. The first-order valence-corrected chi connectivity index (χ1v) is 13.1. The fourth-order valence-electron chi connectivity index (χ4n) is 5.09. The van der Waals surface area contributed by atoms with Crippen LogP contribution < -0.4 is 10.1 Å². The molecule has 0 bridgehead atoms. The van der Waals surface area contributed by atoms with Crippen LogP contribution in [-0.2, 0) is 16.1 Å². The maximum absolute atomic E-state index is 13.4. The molecule has 2 aliphatic rings. The van der Waals surface area contributed by atoms with Crippen LogP contribution in [0.3, 0.4) is 0 Å². The summed E-state index contributed by atoms with van der Waals surface area (Å²) in [6.07, 6.45) is 5.74. The summed E-state index contributed by atoms with van der Waals surface area (Å²) in [4.78, 5) is 54.6. The van der Waals surface area contributed by atoms with Crippen molar-refractivity contribution in [2.24, 2.45) is 0 Å². The minimum absolute atomic E-state index is 0.110. The molecular weight excluding hydrogens is 470 g/mol. The average Bonchev–Trinajstić information content (AvgIpc) is 3.17. The van der Waals surface area contributed by atoms with E-state index in [4.69, 9.17) is 4.74 Å². The van der Waals surface area contributed by atoms with Crippen molar-refractivity contribution < 1.29 is 23.9 Å². The van der Waals surface area contributed by atoms with E-state index < -0.39 is 6.04 Å². The molecule has 0 spiro atoms. The number of carbonyl (C=O) groups excluding carboxylic acids is 4. The number of hydrogen-bond donors (Lipinski definition) is 1. The third kappa shape index (κ3) is 6.18. The van der Waals surface area contributed by atoms with E-state index in [-0.39, 0.29) is 49.2 Å². The van der Waals surface area contributed by atoms with Crippen molar-refractivity contribution in [3.63, 3.8) is 0 Å². The Morgan fingerprint density at radius 1 is 1.03 bits per heavy atom. The van der Waals surface area contributed by atoms with Crippen LogP contribution in [-0.4, -0.2) is 59.2 Å². The van der Waals surface area contributed by atoms with Crippen LogP contribution in [0.25, 0.3) is 0 Å². The third-order valence-corrected chi connectivity index (χ3v) is 7.26. The highest BCUT2D eigenvalue weighted by molar-refractivity contribution is 6.21. The highest BCUT2D eigenvalue weighted by atomic mass is 16.5. The number of nitrogens with zero attached hydrogens (tertiary/aromatic N) is 2. The Labute approximate surface area is 218 Å². The SMILES string of the molecule is COc1cccc(CN(C(=O)CCCN2C(=O)c3ccccc3C2=O)[C@H](C)C(=O)NC2CCCCC2)c1. The van der Waals surface area contributed by atoms with Gasteiger partial charge < -0.3 is 15.0 Å². The highest BCUT2D eigenvalue weighted by Crippen LogP contribution is 2.23. The van der Waals surface area contributed by atoms with Crippen LogP contribution in [0.5, 0.6) is 5.75 Å². The number of nitrogens with one attached hydrogen (secondary N) is 1. The number of methoxy groups -OCH3 is 1. The molecule has 4 amide bonds. The normalized spacial score (nSPS) is 16.3. The van der Waals surface area contributed by atoms with Gasteiger partial charge in [0.1, 0.15) is 11.8 Å². The number of hydrogen-bond acceptors (Lipinski definition) is 5. The minimum Gasteiger partial charge on any atom is -0.497 e. The third-order valence-electron chi connectivity index (χ3n) is 7.26. The summed E-state index contributed by atoms with van der Waals surface area (Å²) in [5.41, 5.74) is 1.64. The summed E-state index contributed by atoms with van der Waals surface area (Å²) in [5, 5.41) is 3.13. The fraction of sp³-hybridized carbons (Fsp3) is 0.448. The van der Waals surface area contributed by atoms with Crippen molar-refractivity contribution in [1.82, 2.24) is 15.1 Å². The molecule has 0 unspecified atom stereocenters. The molecule has 1 saturated carbocycles. The Kier molecular flexibility index (Phi) is 8.58. The summed E-state index contributed by atoms with van der Waals surface area (Å²) in [5.74, 6) is -0.355. The maximum Gasteiger partial charge on any atom is 0.261 e. The van der Waals surface area contributed by atoms with Crippen molar-refractivity contribution in [2.45, 2.75) is 70.5 Å². The first-order chi connectivity index (χ1) is 17.9. The second kappa shape index (κ2) is 12.0. The number of benzene rings is 2. The van der Waals surface area contributed by atoms with Gasteiger partial charge in [-0.2, -0.15) is 0 Å². The van der Waals surface area contributed by atoms with Gasteiger partial charge in [0.25, 0.3) is 11.8 Å². The molecule has 1 heterocycles. The minimum atomic E-state index is -0.667. The molecule has 1 fully saturated rings. The number of carbonyl (C=O) groups is 4. The second-order valence-corrected chi connectivity index (χ2v) is 9.80. The van der Waals surface area contributed by atoms with Gasteiger partial charge in [-0.05, 0) is 56.0 Å². The van der Waals surface area contributed by atoms with Gasteiger partial charge in [0.15, 0.2) is 0 Å². The van der Waals surface area contributed by atoms with Crippen molar-refractivity contribution in [3.05, 3.63) is 65.2 Å². The molecular formula is C29H35N3O5. The Morgan fingerprint density at radius 3 is 2.35 bits per heavy atom. The van der Waals surface area contributed by atoms with Crippen LogP contribution in [0.1, 0.15) is 78.1 Å². The average molecular weight is 506 g/mol. The van der Waals surface area contributed by atoms with Gasteiger partial charge in [-0.3, -0.25) is 24.1 Å². The molecule has 1 N–H and O–H groups in total. The lowest BCUT2D eigenvalue weighted by Crippen LogP contribution is -2.50. The van der Waals surface area contributed by atoms with E-state index in [1.807, 2.05) is 24.3 Å². The monoisotopic (exact) mass is 505 g/mol. The fourth-order valence-corrected chi connectivity index (χ4v) is 5.09. The topological polar surface area (TPSA) is 96.0 Å². The van der Waals surface area contributed by atoms with E-state index in [2.05, 4.69) is 5.32 Å². The second-order valence-electron chi connectivity index (χ2n) is 9.80. The van der Waals surface area contributed by atoms with Crippen molar-refractivity contribution >= 4 is 23.6 Å². The molecule has 1 aliphatic heterocycles. The number of amides is 4. The van der Waals surface area contributed by atoms with E-state index in [9.17, 15) is 19.2 Å². The standard InChI is InChI=1S/C29H35N3O5/c1-20(27(34)30-22-11-4-3-5-12-22)32(19-21-10-8-13-23(18-21)37-2)26(33)16-9-17-31-28(35)24-14-6-7-15-25(24)29(31)36/h6-8,10,13-15,18,20,22H,3-5,9,11-12,16-17,19H2,1-2H3,(H,30,34)/t20-/m1/s1. The van der Waals surface area contributed by atoms with Crippen LogP contribution in [0.2, 0.25) is 0 Å². The zero-order chi connectivity index (χ0) is 26.4. The first-order valence-electron chi connectivity index (χ1n) is 13.1. The van der Waals surface area contributed by atoms with Gasteiger partial charge in [-0.15, -0.1) is 0 Å². The first kappa shape index (κ1) is 26.4. The zero-order valence-electron chi connectivity index (χ0n) is 21.6. The van der Waals surface area contributed by atoms with Gasteiger partial charge in [0.2, 0.25) is 11.8 Å². The number of imide groups is 1. The molecule has 4 rings (SSSR count). The molecule has 196 valence electrons. The van der Waals surface area contributed by atoms with Gasteiger partial charge in [0, 0.05) is 25.6 Å². The predicted octanol–water partition coefficient (Wildman–Crippen LogP) is 3.94. The Hall–Kier alpha value is -3.68. The quantitative estimate of drug-likeness (QED) is 0.494. The predicted molar refractivity (Wildman–Crippen MR) is 139 cm³/mol. The molecule has 0 radical (unpaired) electrons. The Bertz CT molecular complexity index is 1120. The molecule has 2 aromatic carbocycles. The lowest BCUT2D eigenvalue weighted by Gasteiger charge is -2.31. The highest BCUT2D eigenvalue weighted by Gasteiger charge is 2.35. The lowest BCUT2D eigenvalue weighted by atomic mass is 9.95. The molecule has 8 nitrogen and oxygen atoms in total. The van der Waals surface area contributed by atoms with E-state index >= 15 is 0 Å². The van der Waals surface area contributed by atoms with E-state index in [0.29, 0.717) is 23.3 Å². The molecule has 2 aromatic rings. The molecule has 1 atom stereocenters. The summed E-state index contributed by atoms with van der Waals surface area (Å²) in [6.45, 7) is 2.15. The Morgan fingerprint density at radius 2 is 1.70 bits per heavy atom. The van der Waals surface area contributed by atoms with E-state index in [1.54, 1.807) is 43.2 Å². The van der Waals surface area contributed by atoms with Crippen LogP contribution >= 0.6 is 0 Å². The largest absolute Gasteiger partial charge is 0.497 e. The van der Waals surface area contributed by atoms with Crippen molar-refractivity contribution in [1.29, 1.82) is 0 Å². The number of fused-ring (bicyclic) bond motifs is 1. The van der Waals surface area contributed by atoms with E-state index in [0.717, 1.165) is 31.2 Å². The number of rotatable bonds is 10. The van der Waals surface area contributed by atoms with Crippen LogP contribution in [0, 0.1) is 0 Å². The van der Waals surface area contributed by atoms with Crippen LogP contribution in [0.15, 0.2) is 48.5 Å². The van der Waals surface area contributed by atoms with Gasteiger partial charge in [-0.1, -0.05) is 43.5 Å². The van der Waals surface area contributed by atoms with Crippen molar-refractivity contribution in [2.75, 3.05) is 13.7 Å². The van der Waals surface area contributed by atoms with Gasteiger partial charge in [0.05, 0.1) is 18.2 Å². The molecule has 0 aromatic heterocycles. The maximum atomic E-state index is 13.4. The smallest absolute Gasteiger partial charge is 0.261 e. The van der Waals surface area contributed by atoms with Crippen LogP contribution in [0.4, 0.5) is 0 Å². The lowest BCUT2D eigenvalue weighted by molar-refractivity contribution is -0.141. The Balaban J connectivity index is 1.42. The molecule has 0 saturated heterocycles. The van der Waals surface area contributed by atoms with Gasteiger partial charge >= 0.3 is 0 Å². The summed E-state index contributed by atoms with van der Waals surface area (Å²) in [6, 6.07) is 13.7. The zero-order valence-corrected chi connectivity index (χ0v) is 21.6. The summed E-state index contributed by atoms with van der Waals surface area (Å²) >= 11 is 0. The van der Waals surface area contributed by atoms with Crippen molar-refractivity contribution in [3.8, 4) is 5.75 Å². The van der Waals surface area contributed by atoms with Gasteiger partial charge in [-0.25, -0.2) is 0 Å². The summed E-state index contributed by atoms with van der Waals surface area (Å²) in [7, 11) is 1.58. The molecule has 8 heteroatoms. The molecule has 1 aliphatic carbocycles. The number of ether oxygens (including phenoxy) is 1. The summed E-state index contributed by atoms with van der Waals surface area (Å²) < 4.78 is 5.32.